The second-order valence-corrected chi connectivity index (χ2v) is 6.71. The molecule has 0 atom stereocenters. The van der Waals surface area contributed by atoms with Gasteiger partial charge in [0, 0.05) is 0 Å². The molecular weight excluding hydrogens is 338 g/mol. The summed E-state index contributed by atoms with van der Waals surface area (Å²) in [6, 6.07) is 43.1. The molecular formula is C27H27N. The van der Waals surface area contributed by atoms with Crippen LogP contribution in [0.3, 0.4) is 0 Å². The van der Waals surface area contributed by atoms with Crippen LogP contribution in [-0.2, 0) is 5.41 Å². The van der Waals surface area contributed by atoms with Gasteiger partial charge in [-0.3, -0.25) is 0 Å². The summed E-state index contributed by atoms with van der Waals surface area (Å²) in [6.07, 6.45) is 0. The van der Waals surface area contributed by atoms with Gasteiger partial charge in [-0.1, -0.05) is 121 Å². The maximum Gasteiger partial charge on any atom is 0.0701 e. The third-order valence-electron chi connectivity index (χ3n) is 4.83. The fraction of sp³-hybridized carbons (Fsp3) is 0.111. The minimum Gasteiger partial charge on any atom is -0.323 e. The summed E-state index contributed by atoms with van der Waals surface area (Å²) in [7, 11) is 3.75. The Morgan fingerprint density at radius 2 is 0.571 bits per heavy atom. The van der Waals surface area contributed by atoms with Gasteiger partial charge in [0.2, 0.25) is 0 Å². The summed E-state index contributed by atoms with van der Waals surface area (Å²) in [5.41, 5.74) is 4.78. The highest BCUT2D eigenvalue weighted by molar-refractivity contribution is 5.59. The molecule has 0 heterocycles. The molecule has 4 aromatic carbocycles. The van der Waals surface area contributed by atoms with Gasteiger partial charge in [0.1, 0.15) is 0 Å². The summed E-state index contributed by atoms with van der Waals surface area (Å²) >= 11 is 0. The zero-order chi connectivity index (χ0) is 19.7. The van der Waals surface area contributed by atoms with Gasteiger partial charge in [-0.15, -0.1) is 0 Å². The summed E-state index contributed by atoms with van der Waals surface area (Å²) < 4.78 is 0. The van der Waals surface area contributed by atoms with Crippen molar-refractivity contribution >= 4 is 0 Å². The van der Waals surface area contributed by atoms with Crippen molar-refractivity contribution in [2.45, 2.75) is 5.41 Å². The molecule has 0 aromatic heterocycles. The lowest BCUT2D eigenvalue weighted by Gasteiger charge is -2.36. The van der Waals surface area contributed by atoms with E-state index in [1.54, 1.807) is 0 Å². The molecule has 0 unspecified atom stereocenters. The Bertz CT molecular complexity index is 769. The number of nitrogens with one attached hydrogen (secondary N) is 1. The van der Waals surface area contributed by atoms with Gasteiger partial charge in [-0.25, -0.2) is 0 Å². The summed E-state index contributed by atoms with van der Waals surface area (Å²) in [5, 5.41) is 2.75. The van der Waals surface area contributed by atoms with Crippen molar-refractivity contribution in [1.82, 2.24) is 5.32 Å². The molecule has 1 N–H and O–H groups in total. The first-order chi connectivity index (χ1) is 13.8. The van der Waals surface area contributed by atoms with E-state index < -0.39 is 0 Å². The van der Waals surface area contributed by atoms with Crippen LogP contribution in [0.15, 0.2) is 121 Å². The van der Waals surface area contributed by atoms with Crippen LogP contribution in [0.5, 0.6) is 0 Å². The van der Waals surface area contributed by atoms with Crippen LogP contribution in [0.1, 0.15) is 22.3 Å². The van der Waals surface area contributed by atoms with Crippen molar-refractivity contribution in [3.8, 4) is 0 Å². The van der Waals surface area contributed by atoms with Crippen molar-refractivity contribution in [1.29, 1.82) is 0 Å². The van der Waals surface area contributed by atoms with Crippen molar-refractivity contribution in [2.24, 2.45) is 0 Å². The second-order valence-electron chi connectivity index (χ2n) is 6.71. The van der Waals surface area contributed by atoms with Crippen LogP contribution in [0, 0.1) is 0 Å². The average molecular weight is 366 g/mol. The van der Waals surface area contributed by atoms with E-state index >= 15 is 0 Å². The van der Waals surface area contributed by atoms with E-state index in [2.05, 4.69) is 127 Å². The lowest BCUT2D eigenvalue weighted by molar-refractivity contribution is 0.745. The van der Waals surface area contributed by atoms with Gasteiger partial charge in [-0.05, 0) is 36.3 Å². The minimum atomic E-state index is -0.328. The predicted molar refractivity (Wildman–Crippen MR) is 120 cm³/mol. The predicted octanol–water partition coefficient (Wildman–Crippen LogP) is 5.90. The first kappa shape index (κ1) is 19.6. The zero-order valence-electron chi connectivity index (χ0n) is 16.5. The second kappa shape index (κ2) is 9.68. The first-order valence-electron chi connectivity index (χ1n) is 9.64. The Hall–Kier alpha value is -3.16. The van der Waals surface area contributed by atoms with Crippen LogP contribution in [0.4, 0.5) is 0 Å². The van der Waals surface area contributed by atoms with Crippen molar-refractivity contribution < 1.29 is 0 Å². The molecule has 4 aromatic rings. The average Bonchev–Trinajstić information content (AvgIpc) is 2.78. The maximum atomic E-state index is 2.75. The van der Waals surface area contributed by atoms with Gasteiger partial charge < -0.3 is 5.32 Å². The van der Waals surface area contributed by atoms with E-state index in [1.165, 1.54) is 22.3 Å². The molecule has 0 aliphatic carbocycles. The topological polar surface area (TPSA) is 12.0 Å². The van der Waals surface area contributed by atoms with Gasteiger partial charge >= 0.3 is 0 Å². The molecule has 0 saturated carbocycles. The molecule has 0 radical (unpaired) electrons. The van der Waals surface area contributed by atoms with Gasteiger partial charge in [0.05, 0.1) is 5.41 Å². The summed E-state index contributed by atoms with van der Waals surface area (Å²) in [5.74, 6) is 0. The highest BCUT2D eigenvalue weighted by Gasteiger charge is 2.37. The minimum absolute atomic E-state index is 0.328. The standard InChI is InChI=1S/C25H20.C2H7N/c1-5-13-21(14-6-1)25(22-15-7-2-8-16-22,23-17-9-3-10-18-23)24-19-11-4-12-20-24;1-3-2/h1-20H;3H,1-2H3. The van der Waals surface area contributed by atoms with Crippen LogP contribution in [-0.4, -0.2) is 14.1 Å². The summed E-state index contributed by atoms with van der Waals surface area (Å²) in [6.45, 7) is 0. The normalized spacial score (nSPS) is 10.6. The fourth-order valence-electron chi connectivity index (χ4n) is 3.75. The molecule has 0 fully saturated rings. The van der Waals surface area contributed by atoms with Crippen molar-refractivity contribution in [3.63, 3.8) is 0 Å². The van der Waals surface area contributed by atoms with E-state index in [0.717, 1.165) is 0 Å². The zero-order valence-corrected chi connectivity index (χ0v) is 16.5. The Labute approximate surface area is 168 Å². The molecule has 1 nitrogen and oxygen atoms in total. The van der Waals surface area contributed by atoms with E-state index in [0.29, 0.717) is 0 Å². The maximum absolute atomic E-state index is 2.75. The Morgan fingerprint density at radius 1 is 0.393 bits per heavy atom. The van der Waals surface area contributed by atoms with Crippen LogP contribution >= 0.6 is 0 Å². The van der Waals surface area contributed by atoms with Crippen LogP contribution in [0.25, 0.3) is 0 Å². The van der Waals surface area contributed by atoms with E-state index in [9.17, 15) is 0 Å². The Kier molecular flexibility index (Phi) is 6.78. The van der Waals surface area contributed by atoms with Crippen LogP contribution < -0.4 is 5.32 Å². The van der Waals surface area contributed by atoms with Gasteiger partial charge in [0.15, 0.2) is 0 Å². The van der Waals surface area contributed by atoms with E-state index in [4.69, 9.17) is 0 Å². The SMILES string of the molecule is CNC.c1ccc(C(c2ccccc2)(c2ccccc2)c2ccccc2)cc1. The first-order valence-corrected chi connectivity index (χ1v) is 9.64. The van der Waals surface area contributed by atoms with Gasteiger partial charge in [0.25, 0.3) is 0 Å². The van der Waals surface area contributed by atoms with Gasteiger partial charge in [-0.2, -0.15) is 0 Å². The van der Waals surface area contributed by atoms with Crippen molar-refractivity contribution in [3.05, 3.63) is 144 Å². The molecule has 1 heteroatoms. The molecule has 4 rings (SSSR count). The molecule has 28 heavy (non-hydrogen) atoms. The largest absolute Gasteiger partial charge is 0.323 e. The highest BCUT2D eigenvalue weighted by atomic mass is 14.7. The molecule has 0 saturated heterocycles. The number of hydrogen-bond donors (Lipinski definition) is 1. The molecule has 0 bridgehead atoms. The number of benzene rings is 4. The smallest absolute Gasteiger partial charge is 0.0701 e. The lowest BCUT2D eigenvalue weighted by Crippen LogP contribution is -2.30. The van der Waals surface area contributed by atoms with Crippen molar-refractivity contribution in [2.75, 3.05) is 14.1 Å². The molecule has 0 amide bonds. The molecule has 0 aliphatic heterocycles. The fourth-order valence-corrected chi connectivity index (χ4v) is 3.75. The van der Waals surface area contributed by atoms with E-state index in [1.807, 2.05) is 14.1 Å². The Balaban J connectivity index is 0.000000706. The number of hydrogen-bond acceptors (Lipinski definition) is 1. The monoisotopic (exact) mass is 365 g/mol. The molecule has 140 valence electrons. The molecule has 0 spiro atoms. The third-order valence-corrected chi connectivity index (χ3v) is 4.83. The highest BCUT2D eigenvalue weighted by Crippen LogP contribution is 2.44. The summed E-state index contributed by atoms with van der Waals surface area (Å²) in [4.78, 5) is 0. The van der Waals surface area contributed by atoms with Crippen LogP contribution in [0.2, 0.25) is 0 Å². The third kappa shape index (κ3) is 3.90. The Morgan fingerprint density at radius 3 is 0.750 bits per heavy atom. The lowest BCUT2D eigenvalue weighted by atomic mass is 9.65. The quantitative estimate of drug-likeness (QED) is 0.444. The number of rotatable bonds is 4. The molecule has 0 aliphatic rings. The van der Waals surface area contributed by atoms with E-state index in [-0.39, 0.29) is 5.41 Å².